The fourth-order valence-corrected chi connectivity index (χ4v) is 4.33. The van der Waals surface area contributed by atoms with Crippen molar-refractivity contribution in [2.24, 2.45) is 0 Å². The summed E-state index contributed by atoms with van der Waals surface area (Å²) in [7, 11) is 0. The fourth-order valence-electron chi connectivity index (χ4n) is 4.33. The van der Waals surface area contributed by atoms with Gasteiger partial charge in [-0.3, -0.25) is 4.79 Å². The molecule has 0 unspecified atom stereocenters. The number of aromatic nitrogens is 2. The zero-order valence-corrected chi connectivity index (χ0v) is 16.3. The molecule has 4 nitrogen and oxygen atoms in total. The molecule has 0 amide bonds. The van der Waals surface area contributed by atoms with Crippen molar-refractivity contribution in [1.82, 2.24) is 14.9 Å². The van der Waals surface area contributed by atoms with E-state index < -0.39 is 5.82 Å². The van der Waals surface area contributed by atoms with Crippen LogP contribution in [0.4, 0.5) is 8.78 Å². The molecular formula is C23H23F2N3O. The summed E-state index contributed by atoms with van der Waals surface area (Å²) in [5.74, 6) is -0.192. The molecule has 29 heavy (non-hydrogen) atoms. The van der Waals surface area contributed by atoms with E-state index >= 15 is 0 Å². The molecule has 3 aromatic rings. The quantitative estimate of drug-likeness (QED) is 0.709. The zero-order valence-electron chi connectivity index (χ0n) is 16.3. The molecule has 5 rings (SSSR count). The number of halogens is 2. The Bertz CT molecular complexity index is 1140. The smallest absolute Gasteiger partial charge is 0.258 e. The highest BCUT2D eigenvalue weighted by molar-refractivity contribution is 5.84. The van der Waals surface area contributed by atoms with Gasteiger partial charge in [0.1, 0.15) is 23.0 Å². The summed E-state index contributed by atoms with van der Waals surface area (Å²) in [5, 5.41) is 0.195. The molecule has 1 saturated carbocycles. The molecule has 0 spiro atoms. The zero-order chi connectivity index (χ0) is 20.1. The SMILES string of the molecule is Cc1ccc(-c2cc(F)c3nc(C4CCN(C5CC5)CC4)[nH]c(=O)c3c2)cc1F. The maximum absolute atomic E-state index is 14.9. The van der Waals surface area contributed by atoms with Crippen molar-refractivity contribution in [3.8, 4) is 11.1 Å². The molecule has 2 aliphatic rings. The van der Waals surface area contributed by atoms with Gasteiger partial charge in [-0.1, -0.05) is 12.1 Å². The van der Waals surface area contributed by atoms with Crippen LogP contribution in [0.5, 0.6) is 0 Å². The number of nitrogens with one attached hydrogen (secondary N) is 1. The lowest BCUT2D eigenvalue weighted by atomic mass is 9.95. The molecule has 1 aromatic heterocycles. The topological polar surface area (TPSA) is 49.0 Å². The van der Waals surface area contributed by atoms with Gasteiger partial charge in [0.15, 0.2) is 0 Å². The van der Waals surface area contributed by atoms with Crippen molar-refractivity contribution in [3.63, 3.8) is 0 Å². The fraction of sp³-hybridized carbons (Fsp3) is 0.391. The second-order valence-corrected chi connectivity index (χ2v) is 8.31. The highest BCUT2D eigenvalue weighted by Crippen LogP contribution is 2.34. The molecule has 2 fully saturated rings. The first kappa shape index (κ1) is 18.4. The predicted octanol–water partition coefficient (Wildman–Crippen LogP) is 4.52. The summed E-state index contributed by atoms with van der Waals surface area (Å²) in [6.07, 6.45) is 4.42. The number of aromatic amines is 1. The summed E-state index contributed by atoms with van der Waals surface area (Å²) in [6.45, 7) is 3.67. The minimum absolute atomic E-state index is 0.0877. The molecule has 1 aliphatic heterocycles. The Morgan fingerprint density at radius 3 is 2.41 bits per heavy atom. The first-order valence-corrected chi connectivity index (χ1v) is 10.2. The molecule has 0 atom stereocenters. The average molecular weight is 395 g/mol. The molecule has 0 bridgehead atoms. The van der Waals surface area contributed by atoms with Gasteiger partial charge in [0.25, 0.3) is 5.56 Å². The standard InChI is InChI=1S/C23H23F2N3O/c1-13-2-3-15(11-19(13)24)16-10-18-21(20(25)12-16)26-22(27-23(18)29)14-6-8-28(9-7-14)17-4-5-17/h2-3,10-12,14,17H,4-9H2,1H3,(H,26,27,29). The van der Waals surface area contributed by atoms with E-state index in [0.717, 1.165) is 32.0 Å². The minimum atomic E-state index is -0.554. The Balaban J connectivity index is 1.50. The summed E-state index contributed by atoms with van der Waals surface area (Å²) >= 11 is 0. The van der Waals surface area contributed by atoms with Gasteiger partial charge in [-0.2, -0.15) is 0 Å². The van der Waals surface area contributed by atoms with Crippen molar-refractivity contribution < 1.29 is 8.78 Å². The third-order valence-electron chi connectivity index (χ3n) is 6.27. The maximum Gasteiger partial charge on any atom is 0.258 e. The molecule has 2 aromatic carbocycles. The second kappa shape index (κ2) is 7.02. The Morgan fingerprint density at radius 1 is 1.00 bits per heavy atom. The van der Waals surface area contributed by atoms with Crippen LogP contribution >= 0.6 is 0 Å². The molecule has 2 heterocycles. The van der Waals surface area contributed by atoms with E-state index in [9.17, 15) is 13.6 Å². The summed E-state index contributed by atoms with van der Waals surface area (Å²) in [6, 6.07) is 8.39. The number of benzene rings is 2. The number of hydrogen-bond donors (Lipinski definition) is 1. The molecule has 150 valence electrons. The maximum atomic E-state index is 14.9. The van der Waals surface area contributed by atoms with E-state index in [1.165, 1.54) is 25.0 Å². The Morgan fingerprint density at radius 2 is 1.72 bits per heavy atom. The first-order chi connectivity index (χ1) is 14.0. The van der Waals surface area contributed by atoms with Gasteiger partial charge in [0, 0.05) is 12.0 Å². The van der Waals surface area contributed by atoms with E-state index in [2.05, 4.69) is 14.9 Å². The van der Waals surface area contributed by atoms with E-state index in [1.54, 1.807) is 25.1 Å². The van der Waals surface area contributed by atoms with Gasteiger partial charge < -0.3 is 9.88 Å². The predicted molar refractivity (Wildman–Crippen MR) is 109 cm³/mol. The summed E-state index contributed by atoms with van der Waals surface area (Å²) in [5.41, 5.74) is 1.26. The molecule has 0 radical (unpaired) electrons. The van der Waals surface area contributed by atoms with Gasteiger partial charge in [0.05, 0.1) is 5.39 Å². The van der Waals surface area contributed by atoms with Crippen LogP contribution in [0.3, 0.4) is 0 Å². The van der Waals surface area contributed by atoms with E-state index in [1.807, 2.05) is 0 Å². The van der Waals surface area contributed by atoms with Gasteiger partial charge >= 0.3 is 0 Å². The first-order valence-electron chi connectivity index (χ1n) is 10.2. The van der Waals surface area contributed by atoms with E-state index in [4.69, 9.17) is 0 Å². The second-order valence-electron chi connectivity index (χ2n) is 8.31. The van der Waals surface area contributed by atoms with E-state index in [0.29, 0.717) is 22.5 Å². The van der Waals surface area contributed by atoms with Crippen LogP contribution in [0, 0.1) is 18.6 Å². The number of aryl methyl sites for hydroxylation is 1. The summed E-state index contributed by atoms with van der Waals surface area (Å²) < 4.78 is 28.8. The average Bonchev–Trinajstić information content (AvgIpc) is 3.56. The van der Waals surface area contributed by atoms with Crippen molar-refractivity contribution in [2.45, 2.75) is 44.6 Å². The number of piperidine rings is 1. The largest absolute Gasteiger partial charge is 0.310 e. The monoisotopic (exact) mass is 395 g/mol. The van der Waals surface area contributed by atoms with Crippen LogP contribution in [-0.4, -0.2) is 34.0 Å². The normalized spacial score (nSPS) is 18.4. The van der Waals surface area contributed by atoms with Crippen LogP contribution < -0.4 is 5.56 Å². The van der Waals surface area contributed by atoms with Crippen LogP contribution in [0.1, 0.15) is 43.0 Å². The lowest BCUT2D eigenvalue weighted by Gasteiger charge is -2.31. The van der Waals surface area contributed by atoms with Crippen LogP contribution in [-0.2, 0) is 0 Å². The van der Waals surface area contributed by atoms with Crippen LogP contribution in [0.15, 0.2) is 35.1 Å². The highest BCUT2D eigenvalue weighted by atomic mass is 19.1. The number of rotatable bonds is 3. The van der Waals surface area contributed by atoms with Crippen molar-refractivity contribution >= 4 is 10.9 Å². The molecular weight excluding hydrogens is 372 g/mol. The van der Waals surface area contributed by atoms with Crippen molar-refractivity contribution in [1.29, 1.82) is 0 Å². The minimum Gasteiger partial charge on any atom is -0.310 e. The molecule has 1 aliphatic carbocycles. The number of fused-ring (bicyclic) bond motifs is 1. The van der Waals surface area contributed by atoms with Crippen molar-refractivity contribution in [3.05, 3.63) is 63.7 Å². The molecule has 1 saturated heterocycles. The Labute approximate surface area is 167 Å². The number of likely N-dealkylation sites (tertiary alicyclic amines) is 1. The van der Waals surface area contributed by atoms with Crippen LogP contribution in [0.25, 0.3) is 22.0 Å². The van der Waals surface area contributed by atoms with E-state index in [-0.39, 0.29) is 28.2 Å². The molecule has 6 heteroatoms. The van der Waals surface area contributed by atoms with Gasteiger partial charge in [-0.05, 0) is 80.6 Å². The summed E-state index contributed by atoms with van der Waals surface area (Å²) in [4.78, 5) is 22.6. The number of hydrogen-bond acceptors (Lipinski definition) is 3. The third-order valence-corrected chi connectivity index (χ3v) is 6.27. The van der Waals surface area contributed by atoms with Crippen molar-refractivity contribution in [2.75, 3.05) is 13.1 Å². The molecule has 1 N–H and O–H groups in total. The highest BCUT2D eigenvalue weighted by Gasteiger charge is 2.32. The van der Waals surface area contributed by atoms with Gasteiger partial charge in [-0.15, -0.1) is 0 Å². The number of nitrogens with zero attached hydrogens (tertiary/aromatic N) is 2. The lowest BCUT2D eigenvalue weighted by molar-refractivity contribution is 0.200. The van der Waals surface area contributed by atoms with Crippen LogP contribution in [0.2, 0.25) is 0 Å². The Hall–Kier alpha value is -2.60. The third kappa shape index (κ3) is 3.46. The van der Waals surface area contributed by atoms with Gasteiger partial charge in [0.2, 0.25) is 0 Å². The Kier molecular flexibility index (Phi) is 4.46. The van der Waals surface area contributed by atoms with Gasteiger partial charge in [-0.25, -0.2) is 13.8 Å². The lowest BCUT2D eigenvalue weighted by Crippen LogP contribution is -2.35. The number of H-pyrrole nitrogens is 1.